The van der Waals surface area contributed by atoms with Gasteiger partial charge >= 0.3 is 23.9 Å². The molecule has 0 aliphatic carbocycles. The van der Waals surface area contributed by atoms with E-state index in [9.17, 15) is 28.8 Å². The molecule has 0 fully saturated rings. The molecule has 0 saturated carbocycles. The first-order valence-electron chi connectivity index (χ1n) is 39.1. The Hall–Kier alpha value is -3.60. The molecule has 96 heavy (non-hydrogen) atoms. The van der Waals surface area contributed by atoms with Crippen molar-refractivity contribution in [3.63, 3.8) is 0 Å². The highest BCUT2D eigenvalue weighted by Crippen LogP contribution is 2.22. The highest BCUT2D eigenvalue weighted by Gasteiger charge is 2.19. The minimum Gasteiger partial charge on any atom is -0.462 e. The fraction of sp³-hybridized carbons (Fsp3) is 0.825. The van der Waals surface area contributed by atoms with Crippen LogP contribution < -0.4 is 0 Å². The number of hydrogen-bond acceptors (Lipinski definition) is 14. The van der Waals surface area contributed by atoms with Crippen molar-refractivity contribution in [2.24, 2.45) is 5.92 Å². The molecule has 0 aromatic rings. The van der Waals surface area contributed by atoms with Crippen LogP contribution in [0.25, 0.3) is 0 Å². The van der Waals surface area contributed by atoms with E-state index in [4.69, 9.17) is 18.9 Å². The van der Waals surface area contributed by atoms with E-state index in [1.165, 1.54) is 107 Å². The van der Waals surface area contributed by atoms with Crippen LogP contribution in [0.1, 0.15) is 317 Å². The molecule has 0 bridgehead atoms. The summed E-state index contributed by atoms with van der Waals surface area (Å²) in [6.45, 7) is 16.2. The zero-order chi connectivity index (χ0) is 70.6. The highest BCUT2D eigenvalue weighted by atomic mass is 32.2. The predicted molar refractivity (Wildman–Crippen MR) is 409 cm³/mol. The minimum absolute atomic E-state index is 0.0398. The fourth-order valence-corrected chi connectivity index (χ4v) is 13.2. The molecule has 558 valence electrons. The van der Waals surface area contributed by atoms with Gasteiger partial charge in [0.2, 0.25) is 0 Å². The summed E-state index contributed by atoms with van der Waals surface area (Å²) in [5.41, 5.74) is 0. The van der Waals surface area contributed by atoms with E-state index in [0.717, 1.165) is 198 Å². The number of thioether (sulfide) groups is 2. The van der Waals surface area contributed by atoms with E-state index in [0.29, 0.717) is 71.0 Å². The Morgan fingerprint density at radius 3 is 1.07 bits per heavy atom. The van der Waals surface area contributed by atoms with E-state index in [2.05, 4.69) is 80.9 Å². The Kier molecular flexibility index (Phi) is 67.2. The summed E-state index contributed by atoms with van der Waals surface area (Å²) in [6, 6.07) is 0. The summed E-state index contributed by atoms with van der Waals surface area (Å²) in [7, 11) is 8.07. The lowest BCUT2D eigenvalue weighted by atomic mass is 9.97. The molecule has 2 amide bonds. The lowest BCUT2D eigenvalue weighted by molar-refractivity contribution is -0.150. The van der Waals surface area contributed by atoms with Crippen LogP contribution in [0.2, 0.25) is 0 Å². The summed E-state index contributed by atoms with van der Waals surface area (Å²) < 4.78 is 23.0. The van der Waals surface area contributed by atoms with Crippen molar-refractivity contribution in [3.05, 3.63) is 48.6 Å². The number of amides is 2. The number of allylic oxidation sites excluding steroid dienone is 6. The third-order valence-corrected chi connectivity index (χ3v) is 19.1. The Balaban J connectivity index is 4.62. The molecule has 0 spiro atoms. The van der Waals surface area contributed by atoms with Crippen LogP contribution in [0.15, 0.2) is 48.6 Å². The van der Waals surface area contributed by atoms with Gasteiger partial charge in [-0.3, -0.25) is 28.8 Å². The summed E-state index contributed by atoms with van der Waals surface area (Å²) in [4.78, 5) is 85.4. The normalized spacial score (nSPS) is 12.5. The number of unbranched alkanes of at least 4 members (excludes halogenated alkanes) is 22. The number of carbonyl (C=O) groups is 6. The Bertz CT molecular complexity index is 1970. The molecule has 0 aliphatic heterocycles. The van der Waals surface area contributed by atoms with Crippen molar-refractivity contribution in [1.82, 2.24) is 19.6 Å². The molecule has 0 rings (SSSR count). The van der Waals surface area contributed by atoms with Crippen molar-refractivity contribution >= 4 is 57.9 Å². The first-order valence-corrected chi connectivity index (χ1v) is 41.0. The van der Waals surface area contributed by atoms with E-state index in [1.807, 2.05) is 50.1 Å². The van der Waals surface area contributed by atoms with Gasteiger partial charge in [-0.15, -0.1) is 0 Å². The minimum atomic E-state index is -0.173. The summed E-state index contributed by atoms with van der Waals surface area (Å²) in [5, 5.41) is 0.212. The molecular weight excluding hydrogens is 1240 g/mol. The van der Waals surface area contributed by atoms with Crippen molar-refractivity contribution < 1.29 is 47.7 Å². The number of hydrogen-bond donors (Lipinski definition) is 0. The van der Waals surface area contributed by atoms with Crippen molar-refractivity contribution in [1.29, 1.82) is 0 Å². The van der Waals surface area contributed by atoms with E-state index < -0.39 is 0 Å². The van der Waals surface area contributed by atoms with Gasteiger partial charge in [0.05, 0.1) is 0 Å². The fourth-order valence-electron chi connectivity index (χ4n) is 11.2. The average Bonchev–Trinajstić information content (AvgIpc) is 3.24. The topological polar surface area (TPSA) is 152 Å². The number of carbonyl (C=O) groups excluding carboxylic acids is 6. The van der Waals surface area contributed by atoms with Crippen LogP contribution in [-0.2, 0) is 38.1 Å². The summed E-state index contributed by atoms with van der Waals surface area (Å²) in [6.07, 6.45) is 59.4. The zero-order valence-electron chi connectivity index (χ0n) is 63.2. The third-order valence-electron chi connectivity index (χ3n) is 17.4. The second-order valence-corrected chi connectivity index (χ2v) is 29.4. The van der Waals surface area contributed by atoms with E-state index in [-0.39, 0.29) is 46.6 Å². The highest BCUT2D eigenvalue weighted by molar-refractivity contribution is 8.13. The third kappa shape index (κ3) is 63.8. The van der Waals surface area contributed by atoms with Gasteiger partial charge in [-0.1, -0.05) is 216 Å². The molecule has 16 heteroatoms. The molecular formula is C80H146N4O10S2. The smallest absolute Gasteiger partial charge is 0.306 e. The number of rotatable bonds is 68. The van der Waals surface area contributed by atoms with Crippen molar-refractivity contribution in [2.45, 2.75) is 329 Å². The lowest BCUT2D eigenvalue weighted by Crippen LogP contribution is -2.31. The summed E-state index contributed by atoms with van der Waals surface area (Å²) >= 11 is 2.75. The summed E-state index contributed by atoms with van der Waals surface area (Å²) in [5.74, 6) is 1.62. The molecule has 0 radical (unpaired) electrons. The van der Waals surface area contributed by atoms with E-state index in [1.54, 1.807) is 0 Å². The molecule has 2 unspecified atom stereocenters. The van der Waals surface area contributed by atoms with Gasteiger partial charge in [-0.05, 0) is 182 Å². The SMILES string of the molecule is CCC/C=C/CCC(CC/C=C/CCCC(C)CCCC/C=C\COC(=O)CCCCCN(CCCCCC(=O)OC(CCCCCC)CCCCCC)C(=O)SCCN(C)C)OC(=O)CCCCCN(CCCCCC(=O)OC/C=C\CCCCCC)C(=O)SCCN(C)C. The van der Waals surface area contributed by atoms with Gasteiger partial charge in [-0.25, -0.2) is 0 Å². The molecule has 0 aromatic heterocycles. The maximum absolute atomic E-state index is 13.3. The maximum Gasteiger partial charge on any atom is 0.306 e. The number of nitrogens with zero attached hydrogens (tertiary/aromatic N) is 4. The van der Waals surface area contributed by atoms with Gasteiger partial charge in [0.1, 0.15) is 25.4 Å². The Labute approximate surface area is 598 Å². The molecule has 2 atom stereocenters. The van der Waals surface area contributed by atoms with Crippen molar-refractivity contribution in [2.75, 3.05) is 92.2 Å². The van der Waals surface area contributed by atoms with E-state index >= 15 is 0 Å². The van der Waals surface area contributed by atoms with Crippen LogP contribution in [0.4, 0.5) is 9.59 Å². The first kappa shape index (κ1) is 92.4. The number of esters is 4. The average molecular weight is 1390 g/mol. The quantitative estimate of drug-likeness (QED) is 0.0246. The first-order chi connectivity index (χ1) is 46.6. The molecule has 0 aromatic carbocycles. The van der Waals surface area contributed by atoms with Crippen molar-refractivity contribution in [3.8, 4) is 0 Å². The predicted octanol–water partition coefficient (Wildman–Crippen LogP) is 21.4. The molecule has 0 heterocycles. The molecule has 14 nitrogen and oxygen atoms in total. The second-order valence-electron chi connectivity index (χ2n) is 27.3. The van der Waals surface area contributed by atoms with Crippen LogP contribution >= 0.6 is 23.5 Å². The van der Waals surface area contributed by atoms with Gasteiger partial charge < -0.3 is 38.5 Å². The van der Waals surface area contributed by atoms with Gasteiger partial charge in [0, 0.05) is 76.5 Å². The Morgan fingerprint density at radius 1 is 0.323 bits per heavy atom. The molecule has 0 aliphatic rings. The number of ether oxygens (including phenoxy) is 4. The van der Waals surface area contributed by atoms with Crippen LogP contribution in [0.5, 0.6) is 0 Å². The second kappa shape index (κ2) is 69.9. The van der Waals surface area contributed by atoms with Gasteiger partial charge in [-0.2, -0.15) is 0 Å². The largest absolute Gasteiger partial charge is 0.462 e. The van der Waals surface area contributed by atoms with Gasteiger partial charge in [0.25, 0.3) is 10.5 Å². The molecule has 0 saturated heterocycles. The standard InChI is InChI=1S/C80H146N4O10S2/c1-10-14-18-22-23-30-50-68-91-75(85)58-42-32-46-62-84(80(90)96-71-67-82(8)9)65-49-35-45-61-78(88)94-74(56-40-26-19-15-11-2)57-41-29-24-27-36-52-72(5)53-37-28-25-31-51-69-92-76(86)59-43-33-47-63-83(79(89)95-70-66-81(6)7)64-48-34-44-60-77(87)93-73(54-38-20-16-12-3)55-39-21-17-13-4/h19,24,26,29-31,50-51,72-74H,10-18,20-23,25,27-28,32-49,52-71H2,1-9H3/b26-19+,29-24+,50-30-,51-31-. The van der Waals surface area contributed by atoms with Crippen LogP contribution in [0, 0.1) is 5.92 Å². The van der Waals surface area contributed by atoms with Crippen LogP contribution in [-0.4, -0.2) is 158 Å². The monoisotopic (exact) mass is 1390 g/mol. The zero-order valence-corrected chi connectivity index (χ0v) is 64.9. The molecule has 0 N–H and O–H groups in total. The maximum atomic E-state index is 13.3. The lowest BCUT2D eigenvalue weighted by Gasteiger charge is -2.23. The van der Waals surface area contributed by atoms with Gasteiger partial charge in [0.15, 0.2) is 0 Å². The Morgan fingerprint density at radius 2 is 0.656 bits per heavy atom. The van der Waals surface area contributed by atoms with Crippen LogP contribution in [0.3, 0.4) is 0 Å².